The summed E-state index contributed by atoms with van der Waals surface area (Å²) in [6.07, 6.45) is 0. The molecule has 142 valence electrons. The van der Waals surface area contributed by atoms with Crippen LogP contribution >= 0.6 is 11.6 Å². The second kappa shape index (κ2) is 5.85. The van der Waals surface area contributed by atoms with E-state index in [4.69, 9.17) is 11.6 Å². The number of amides is 2. The van der Waals surface area contributed by atoms with Gasteiger partial charge in [0.2, 0.25) is 5.91 Å². The molecule has 5 nitrogen and oxygen atoms in total. The maximum absolute atomic E-state index is 13.3. The van der Waals surface area contributed by atoms with Crippen LogP contribution in [0.1, 0.15) is 29.7 Å². The number of likely N-dealkylation sites (N-methyl/N-ethyl adjacent to an activating group) is 1. The van der Waals surface area contributed by atoms with Gasteiger partial charge in [0.1, 0.15) is 0 Å². The molecule has 2 aliphatic heterocycles. The molecule has 0 unspecified atom stereocenters. The molecule has 0 radical (unpaired) electrons. The van der Waals surface area contributed by atoms with Gasteiger partial charge >= 0.3 is 0 Å². The summed E-state index contributed by atoms with van der Waals surface area (Å²) in [6, 6.07) is 15.8. The highest BCUT2D eigenvalue weighted by atomic mass is 35.5. The Labute approximate surface area is 167 Å². The van der Waals surface area contributed by atoms with E-state index >= 15 is 0 Å². The summed E-state index contributed by atoms with van der Waals surface area (Å²) in [5.41, 5.74) is 2.72. The molecule has 28 heavy (non-hydrogen) atoms. The zero-order valence-corrected chi connectivity index (χ0v) is 16.5. The summed E-state index contributed by atoms with van der Waals surface area (Å²) in [7, 11) is 1.69. The molecular weight excluding hydrogens is 374 g/mol. The number of rotatable bonds is 1. The van der Waals surface area contributed by atoms with E-state index in [1.807, 2.05) is 49.4 Å². The number of piperazine rings is 1. The Balaban J connectivity index is 1.84. The van der Waals surface area contributed by atoms with Gasteiger partial charge in [-0.1, -0.05) is 48.0 Å². The van der Waals surface area contributed by atoms with Crippen molar-refractivity contribution in [3.8, 4) is 0 Å². The molecular formula is C22H20ClN3O2. The Hall–Kier alpha value is -2.79. The standard InChI is InChI=1S/C22H20ClN3O2/c1-22-20-19(14-8-4-6-10-17(14)24-20)15(13-7-3-5-9-16(13)23)11-26(22)18(27)12-25(2)21(22)28/h3-10,15,24H,11-12H2,1-2H3/t15-,22+/m1/s1. The van der Waals surface area contributed by atoms with E-state index in [1.165, 1.54) is 4.90 Å². The summed E-state index contributed by atoms with van der Waals surface area (Å²) in [5.74, 6) is -0.225. The maximum Gasteiger partial charge on any atom is 0.254 e. The molecule has 2 atom stereocenters. The third kappa shape index (κ3) is 2.14. The van der Waals surface area contributed by atoms with Crippen molar-refractivity contribution in [2.75, 3.05) is 20.1 Å². The number of fused-ring (bicyclic) bond motifs is 5. The van der Waals surface area contributed by atoms with Crippen LogP contribution in [0.25, 0.3) is 10.9 Å². The highest BCUT2D eigenvalue weighted by Crippen LogP contribution is 2.48. The van der Waals surface area contributed by atoms with Crippen LogP contribution in [0.3, 0.4) is 0 Å². The topological polar surface area (TPSA) is 56.4 Å². The lowest BCUT2D eigenvalue weighted by atomic mass is 9.76. The Morgan fingerprint density at radius 1 is 1.11 bits per heavy atom. The van der Waals surface area contributed by atoms with Crippen molar-refractivity contribution in [2.24, 2.45) is 0 Å². The van der Waals surface area contributed by atoms with Gasteiger partial charge in [-0.3, -0.25) is 9.59 Å². The molecule has 1 N–H and O–H groups in total. The predicted octanol–water partition coefficient (Wildman–Crippen LogP) is 3.48. The van der Waals surface area contributed by atoms with Crippen molar-refractivity contribution in [1.29, 1.82) is 0 Å². The number of aromatic nitrogens is 1. The van der Waals surface area contributed by atoms with Crippen LogP contribution in [-0.2, 0) is 15.1 Å². The van der Waals surface area contributed by atoms with E-state index in [2.05, 4.69) is 11.1 Å². The van der Waals surface area contributed by atoms with Crippen LogP contribution in [0.4, 0.5) is 0 Å². The predicted molar refractivity (Wildman–Crippen MR) is 108 cm³/mol. The molecule has 3 aromatic rings. The van der Waals surface area contributed by atoms with E-state index in [9.17, 15) is 9.59 Å². The fourth-order valence-corrected chi connectivity index (χ4v) is 5.09. The van der Waals surface area contributed by atoms with Gasteiger partial charge < -0.3 is 14.8 Å². The number of aromatic amines is 1. The minimum absolute atomic E-state index is 0.0500. The summed E-state index contributed by atoms with van der Waals surface area (Å²) >= 11 is 6.55. The second-order valence-corrected chi connectivity index (χ2v) is 8.18. The van der Waals surface area contributed by atoms with Crippen LogP contribution in [0.2, 0.25) is 5.02 Å². The number of hydrogen-bond acceptors (Lipinski definition) is 2. The fourth-order valence-electron chi connectivity index (χ4n) is 4.82. The van der Waals surface area contributed by atoms with Crippen molar-refractivity contribution in [2.45, 2.75) is 18.4 Å². The van der Waals surface area contributed by atoms with Crippen LogP contribution in [0.5, 0.6) is 0 Å². The minimum atomic E-state index is -1.05. The molecule has 0 aliphatic carbocycles. The quantitative estimate of drug-likeness (QED) is 0.688. The zero-order valence-electron chi connectivity index (χ0n) is 15.7. The van der Waals surface area contributed by atoms with Crippen LogP contribution in [-0.4, -0.2) is 46.7 Å². The summed E-state index contributed by atoms with van der Waals surface area (Å²) in [6.45, 7) is 2.37. The highest BCUT2D eigenvalue weighted by molar-refractivity contribution is 6.31. The lowest BCUT2D eigenvalue weighted by molar-refractivity contribution is -0.164. The van der Waals surface area contributed by atoms with Crippen molar-refractivity contribution in [3.63, 3.8) is 0 Å². The van der Waals surface area contributed by atoms with Gasteiger partial charge in [-0.2, -0.15) is 0 Å². The third-order valence-electron chi connectivity index (χ3n) is 6.20. The number of benzene rings is 2. The normalized spacial score (nSPS) is 24.5. The third-order valence-corrected chi connectivity index (χ3v) is 6.55. The first-order valence-electron chi connectivity index (χ1n) is 9.34. The van der Waals surface area contributed by atoms with Crippen molar-refractivity contribution in [3.05, 3.63) is 70.4 Å². The Morgan fingerprint density at radius 2 is 1.82 bits per heavy atom. The van der Waals surface area contributed by atoms with Gasteiger partial charge in [0, 0.05) is 35.4 Å². The lowest BCUT2D eigenvalue weighted by Crippen LogP contribution is -2.66. The van der Waals surface area contributed by atoms with Crippen LogP contribution < -0.4 is 0 Å². The number of carbonyl (C=O) groups excluding carboxylic acids is 2. The zero-order chi connectivity index (χ0) is 19.6. The van der Waals surface area contributed by atoms with Gasteiger partial charge in [0.25, 0.3) is 5.91 Å². The molecule has 0 saturated carbocycles. The lowest BCUT2D eigenvalue weighted by Gasteiger charge is -2.50. The first kappa shape index (κ1) is 17.3. The monoisotopic (exact) mass is 393 g/mol. The average molecular weight is 394 g/mol. The fraction of sp³-hybridized carbons (Fsp3) is 0.273. The number of nitrogens with zero attached hydrogens (tertiary/aromatic N) is 2. The molecule has 1 aromatic heterocycles. The van der Waals surface area contributed by atoms with E-state index in [-0.39, 0.29) is 24.3 Å². The first-order valence-corrected chi connectivity index (χ1v) is 9.72. The molecule has 1 fully saturated rings. The molecule has 2 aliphatic rings. The smallest absolute Gasteiger partial charge is 0.254 e. The molecule has 5 rings (SSSR count). The Kier molecular flexibility index (Phi) is 3.62. The van der Waals surface area contributed by atoms with Crippen LogP contribution in [0.15, 0.2) is 48.5 Å². The van der Waals surface area contributed by atoms with E-state index < -0.39 is 5.54 Å². The number of hydrogen-bond donors (Lipinski definition) is 1. The SMILES string of the molecule is CN1CC(=O)N2C[C@H](c3ccccc3Cl)c3c([nH]c4ccccc34)[C@@]2(C)C1=O. The number of halogens is 1. The average Bonchev–Trinajstić information content (AvgIpc) is 3.08. The van der Waals surface area contributed by atoms with Crippen molar-refractivity contribution >= 4 is 34.3 Å². The summed E-state index contributed by atoms with van der Waals surface area (Å²) < 4.78 is 0. The molecule has 2 aromatic carbocycles. The minimum Gasteiger partial charge on any atom is -0.356 e. The van der Waals surface area contributed by atoms with Gasteiger partial charge in [-0.25, -0.2) is 0 Å². The first-order chi connectivity index (χ1) is 13.4. The van der Waals surface area contributed by atoms with Crippen molar-refractivity contribution in [1.82, 2.24) is 14.8 Å². The largest absolute Gasteiger partial charge is 0.356 e. The molecule has 1 saturated heterocycles. The molecule has 6 heteroatoms. The summed E-state index contributed by atoms with van der Waals surface area (Å²) in [4.78, 5) is 32.9. The molecule has 0 bridgehead atoms. The van der Waals surface area contributed by atoms with Gasteiger partial charge in [0.05, 0.1) is 12.2 Å². The van der Waals surface area contributed by atoms with Gasteiger partial charge in [0.15, 0.2) is 5.54 Å². The van der Waals surface area contributed by atoms with Crippen LogP contribution in [0, 0.1) is 0 Å². The van der Waals surface area contributed by atoms with Gasteiger partial charge in [-0.15, -0.1) is 0 Å². The summed E-state index contributed by atoms with van der Waals surface area (Å²) in [5, 5.41) is 1.73. The number of para-hydroxylation sites is 1. The van der Waals surface area contributed by atoms with E-state index in [0.29, 0.717) is 11.6 Å². The van der Waals surface area contributed by atoms with Gasteiger partial charge in [-0.05, 0) is 30.2 Å². The Bertz CT molecular complexity index is 1140. The number of nitrogens with one attached hydrogen (secondary N) is 1. The van der Waals surface area contributed by atoms with Crippen molar-refractivity contribution < 1.29 is 9.59 Å². The second-order valence-electron chi connectivity index (χ2n) is 7.77. The Morgan fingerprint density at radius 3 is 2.61 bits per heavy atom. The molecule has 3 heterocycles. The molecule has 0 spiro atoms. The maximum atomic E-state index is 13.3. The molecule has 2 amide bonds. The number of H-pyrrole nitrogens is 1. The van der Waals surface area contributed by atoms with E-state index in [0.717, 1.165) is 27.7 Å². The highest BCUT2D eigenvalue weighted by Gasteiger charge is 2.55. The number of carbonyl (C=O) groups is 2. The van der Waals surface area contributed by atoms with E-state index in [1.54, 1.807) is 11.9 Å².